The third kappa shape index (κ3) is 1.99. The van der Waals surface area contributed by atoms with Crippen LogP contribution in [0.25, 0.3) is 0 Å². The minimum atomic E-state index is 0.350. The number of carbonyl (C=O) groups is 1. The Balaban J connectivity index is 1.96. The summed E-state index contributed by atoms with van der Waals surface area (Å²) in [5.41, 5.74) is 0. The Morgan fingerprint density at radius 2 is 2.31 bits per heavy atom. The van der Waals surface area contributed by atoms with Crippen molar-refractivity contribution in [3.05, 3.63) is 21.9 Å². The lowest BCUT2D eigenvalue weighted by molar-refractivity contribution is 0.0940. The third-order valence-electron chi connectivity index (χ3n) is 2.71. The first-order valence-corrected chi connectivity index (χ1v) is 5.67. The maximum atomic E-state index is 11.7. The maximum Gasteiger partial charge on any atom is 0.173 e. The molecule has 0 radical (unpaired) electrons. The lowest BCUT2D eigenvalue weighted by atomic mass is 9.82. The first-order chi connectivity index (χ1) is 6.25. The summed E-state index contributed by atoms with van der Waals surface area (Å²) < 4.78 is 0. The Morgan fingerprint density at radius 1 is 1.54 bits per heavy atom. The van der Waals surface area contributed by atoms with E-state index in [9.17, 15) is 4.79 Å². The normalized spacial score (nSPS) is 17.0. The van der Waals surface area contributed by atoms with E-state index < -0.39 is 0 Å². The van der Waals surface area contributed by atoms with Gasteiger partial charge in [0.05, 0.1) is 4.88 Å². The lowest BCUT2D eigenvalue weighted by Crippen LogP contribution is -2.15. The maximum absolute atomic E-state index is 11.7. The number of thiophene rings is 1. The predicted octanol–water partition coefficient (Wildman–Crippen LogP) is 3.43. The van der Waals surface area contributed by atoms with E-state index in [0.717, 1.165) is 11.3 Å². The average Bonchev–Trinajstić information content (AvgIpc) is 2.44. The molecule has 0 N–H and O–H groups in total. The highest BCUT2D eigenvalue weighted by Crippen LogP contribution is 2.31. The Labute approximate surface area is 82.8 Å². The Bertz CT molecular complexity index is 310. The van der Waals surface area contributed by atoms with Crippen LogP contribution in [-0.4, -0.2) is 5.78 Å². The zero-order chi connectivity index (χ0) is 9.26. The highest BCUT2D eigenvalue weighted by molar-refractivity contribution is 7.14. The van der Waals surface area contributed by atoms with E-state index in [0.29, 0.717) is 11.7 Å². The molecule has 70 valence electrons. The van der Waals surface area contributed by atoms with Crippen LogP contribution in [0, 0.1) is 12.8 Å². The van der Waals surface area contributed by atoms with Crippen molar-refractivity contribution in [1.82, 2.24) is 0 Å². The molecule has 0 bridgehead atoms. The van der Waals surface area contributed by atoms with Crippen molar-refractivity contribution in [1.29, 1.82) is 0 Å². The molecule has 13 heavy (non-hydrogen) atoms. The molecule has 0 spiro atoms. The molecule has 0 unspecified atom stereocenters. The second kappa shape index (κ2) is 3.62. The SMILES string of the molecule is Cc1ccc(C(=O)CC2CCC2)s1. The molecule has 1 nitrogen and oxygen atoms in total. The van der Waals surface area contributed by atoms with Gasteiger partial charge in [-0.05, 0) is 25.0 Å². The Morgan fingerprint density at radius 3 is 2.77 bits per heavy atom. The van der Waals surface area contributed by atoms with E-state index >= 15 is 0 Å². The fourth-order valence-corrected chi connectivity index (χ4v) is 2.46. The van der Waals surface area contributed by atoms with Crippen LogP contribution < -0.4 is 0 Å². The first kappa shape index (κ1) is 8.95. The predicted molar refractivity (Wildman–Crippen MR) is 55.3 cm³/mol. The summed E-state index contributed by atoms with van der Waals surface area (Å²) in [4.78, 5) is 13.9. The van der Waals surface area contributed by atoms with Crippen molar-refractivity contribution in [2.75, 3.05) is 0 Å². The lowest BCUT2D eigenvalue weighted by Gasteiger charge is -2.23. The number of aryl methyl sites for hydroxylation is 1. The summed E-state index contributed by atoms with van der Waals surface area (Å²) in [6.07, 6.45) is 4.62. The van der Waals surface area contributed by atoms with E-state index in [1.807, 2.05) is 19.1 Å². The molecule has 2 rings (SSSR count). The van der Waals surface area contributed by atoms with Gasteiger partial charge in [-0.15, -0.1) is 11.3 Å². The topological polar surface area (TPSA) is 17.1 Å². The van der Waals surface area contributed by atoms with E-state index in [-0.39, 0.29) is 0 Å². The van der Waals surface area contributed by atoms with E-state index in [1.54, 1.807) is 11.3 Å². The zero-order valence-electron chi connectivity index (χ0n) is 7.88. The van der Waals surface area contributed by atoms with Crippen LogP contribution in [0.5, 0.6) is 0 Å². The Kier molecular flexibility index (Phi) is 2.49. The minimum Gasteiger partial charge on any atom is -0.293 e. The smallest absolute Gasteiger partial charge is 0.173 e. The van der Waals surface area contributed by atoms with Crippen LogP contribution >= 0.6 is 11.3 Å². The van der Waals surface area contributed by atoms with Gasteiger partial charge in [-0.25, -0.2) is 0 Å². The van der Waals surface area contributed by atoms with Crippen LogP contribution in [-0.2, 0) is 0 Å². The van der Waals surface area contributed by atoms with Crippen molar-refractivity contribution in [3.63, 3.8) is 0 Å². The summed E-state index contributed by atoms with van der Waals surface area (Å²) in [5.74, 6) is 1.04. The molecule has 1 aliphatic rings. The van der Waals surface area contributed by atoms with Crippen molar-refractivity contribution < 1.29 is 4.79 Å². The van der Waals surface area contributed by atoms with Gasteiger partial charge in [-0.3, -0.25) is 4.79 Å². The monoisotopic (exact) mass is 194 g/mol. The van der Waals surface area contributed by atoms with Crippen molar-refractivity contribution in [2.45, 2.75) is 32.6 Å². The van der Waals surface area contributed by atoms with Gasteiger partial charge in [0.2, 0.25) is 0 Å². The Hall–Kier alpha value is -0.630. The fraction of sp³-hybridized carbons (Fsp3) is 0.545. The van der Waals surface area contributed by atoms with Crippen LogP contribution in [0.1, 0.15) is 40.2 Å². The van der Waals surface area contributed by atoms with Gasteiger partial charge in [0.1, 0.15) is 0 Å². The molecule has 0 atom stereocenters. The summed E-state index contributed by atoms with van der Waals surface area (Å²) in [7, 11) is 0. The number of hydrogen-bond acceptors (Lipinski definition) is 2. The largest absolute Gasteiger partial charge is 0.293 e. The summed E-state index contributed by atoms with van der Waals surface area (Å²) in [5, 5.41) is 0. The molecular weight excluding hydrogens is 180 g/mol. The first-order valence-electron chi connectivity index (χ1n) is 4.85. The molecule has 1 aliphatic carbocycles. The van der Waals surface area contributed by atoms with Gasteiger partial charge in [-0.1, -0.05) is 19.3 Å². The minimum absolute atomic E-state index is 0.350. The summed E-state index contributed by atoms with van der Waals surface area (Å²) >= 11 is 1.62. The van der Waals surface area contributed by atoms with Gasteiger partial charge in [0.15, 0.2) is 5.78 Å². The van der Waals surface area contributed by atoms with Gasteiger partial charge < -0.3 is 0 Å². The second-order valence-corrected chi connectivity index (χ2v) is 5.12. The number of rotatable bonds is 3. The van der Waals surface area contributed by atoms with Crippen molar-refractivity contribution in [2.24, 2.45) is 5.92 Å². The fourth-order valence-electron chi connectivity index (χ4n) is 1.64. The summed E-state index contributed by atoms with van der Waals surface area (Å²) in [6, 6.07) is 3.99. The van der Waals surface area contributed by atoms with Gasteiger partial charge in [-0.2, -0.15) is 0 Å². The van der Waals surface area contributed by atoms with Crippen LogP contribution in [0.15, 0.2) is 12.1 Å². The van der Waals surface area contributed by atoms with Gasteiger partial charge in [0.25, 0.3) is 0 Å². The molecule has 0 amide bonds. The molecular formula is C11H14OS. The van der Waals surface area contributed by atoms with E-state index in [1.165, 1.54) is 24.1 Å². The van der Waals surface area contributed by atoms with Crippen LogP contribution in [0.2, 0.25) is 0 Å². The van der Waals surface area contributed by atoms with E-state index in [4.69, 9.17) is 0 Å². The molecule has 1 fully saturated rings. The average molecular weight is 194 g/mol. The molecule has 1 heterocycles. The number of carbonyl (C=O) groups excluding carboxylic acids is 1. The molecule has 0 aromatic carbocycles. The number of Topliss-reactive ketones (excluding diaryl/α,β-unsaturated/α-hetero) is 1. The van der Waals surface area contributed by atoms with Crippen LogP contribution in [0.4, 0.5) is 0 Å². The molecule has 0 aliphatic heterocycles. The number of hydrogen-bond donors (Lipinski definition) is 0. The zero-order valence-corrected chi connectivity index (χ0v) is 8.69. The van der Waals surface area contributed by atoms with E-state index in [2.05, 4.69) is 0 Å². The van der Waals surface area contributed by atoms with Crippen molar-refractivity contribution in [3.8, 4) is 0 Å². The molecule has 1 aromatic rings. The van der Waals surface area contributed by atoms with Gasteiger partial charge >= 0.3 is 0 Å². The molecule has 1 saturated carbocycles. The quantitative estimate of drug-likeness (QED) is 0.674. The van der Waals surface area contributed by atoms with Gasteiger partial charge in [0, 0.05) is 11.3 Å². The van der Waals surface area contributed by atoms with Crippen LogP contribution in [0.3, 0.4) is 0 Å². The molecule has 1 aromatic heterocycles. The molecule has 2 heteroatoms. The molecule has 0 saturated heterocycles. The highest BCUT2D eigenvalue weighted by Gasteiger charge is 2.21. The van der Waals surface area contributed by atoms with Crippen molar-refractivity contribution >= 4 is 17.1 Å². The summed E-state index contributed by atoms with van der Waals surface area (Å²) in [6.45, 7) is 2.05. The standard InChI is InChI=1S/C11H14OS/c1-8-5-6-11(13-8)10(12)7-9-3-2-4-9/h5-6,9H,2-4,7H2,1H3. The second-order valence-electron chi connectivity index (χ2n) is 3.83. The number of ketones is 1. The third-order valence-corrected chi connectivity index (χ3v) is 3.76. The highest BCUT2D eigenvalue weighted by atomic mass is 32.1.